The molecule has 1 aromatic heterocycles. The summed E-state index contributed by atoms with van der Waals surface area (Å²) in [6.45, 7) is 9.71. The van der Waals surface area contributed by atoms with E-state index in [-0.39, 0.29) is 17.2 Å². The molecule has 0 spiro atoms. The van der Waals surface area contributed by atoms with E-state index < -0.39 is 0 Å². The Bertz CT molecular complexity index is 901. The Morgan fingerprint density at radius 3 is 2.77 bits per heavy atom. The molecule has 6 nitrogen and oxygen atoms in total. The minimum absolute atomic E-state index is 0.0250. The second-order valence-electron chi connectivity index (χ2n) is 6.18. The number of allylic oxidation sites excluding steroid dienone is 2. The van der Waals surface area contributed by atoms with Gasteiger partial charge < -0.3 is 9.47 Å². The number of hydrogen-bond donors (Lipinski definition) is 0. The van der Waals surface area contributed by atoms with Crippen LogP contribution in [0.3, 0.4) is 0 Å². The van der Waals surface area contributed by atoms with E-state index in [9.17, 15) is 10.1 Å². The van der Waals surface area contributed by atoms with Crippen molar-refractivity contribution >= 4 is 33.4 Å². The number of benzene rings is 1. The highest BCUT2D eigenvalue weighted by Crippen LogP contribution is 2.31. The maximum atomic E-state index is 11.6. The SMILES string of the molecule is C=C(C)OC/C=C/c1cccc(COC(=C)CCSSc2ccccn2)c1[N+](=O)[O-]. The molecule has 2 rings (SSSR count). The lowest BCUT2D eigenvalue weighted by Gasteiger charge is -2.10. The molecule has 0 unspecified atom stereocenters. The van der Waals surface area contributed by atoms with Gasteiger partial charge in [0.15, 0.2) is 0 Å². The van der Waals surface area contributed by atoms with Crippen LogP contribution in [0.25, 0.3) is 6.08 Å². The zero-order valence-corrected chi connectivity index (χ0v) is 18.4. The molecule has 1 aromatic carbocycles. The molecule has 0 saturated carbocycles. The van der Waals surface area contributed by atoms with Crippen molar-refractivity contribution in [3.05, 3.63) is 94.6 Å². The molecule has 1 heterocycles. The number of ether oxygens (including phenoxy) is 2. The topological polar surface area (TPSA) is 74.5 Å². The molecule has 0 amide bonds. The monoisotopic (exact) mass is 444 g/mol. The van der Waals surface area contributed by atoms with Crippen LogP contribution in [0.15, 0.2) is 78.4 Å². The van der Waals surface area contributed by atoms with E-state index in [0.717, 1.165) is 10.8 Å². The standard InChI is InChI=1S/C22H24N2O4S2/c1-17(2)27-14-7-10-19-8-6-9-20(22(19)24(25)26)16-28-18(3)12-15-29-30-21-11-4-5-13-23-21/h4-11,13H,1,3,12,14-16H2,2H3/b10-7+. The van der Waals surface area contributed by atoms with Crippen molar-refractivity contribution in [3.63, 3.8) is 0 Å². The first-order valence-corrected chi connectivity index (χ1v) is 11.5. The lowest BCUT2D eigenvalue weighted by molar-refractivity contribution is -0.386. The Hall–Kier alpha value is -2.71. The van der Waals surface area contributed by atoms with Crippen molar-refractivity contribution in [1.82, 2.24) is 4.98 Å². The first-order chi connectivity index (χ1) is 14.5. The van der Waals surface area contributed by atoms with E-state index in [4.69, 9.17) is 9.47 Å². The zero-order valence-electron chi connectivity index (χ0n) is 16.8. The second-order valence-corrected chi connectivity index (χ2v) is 8.61. The summed E-state index contributed by atoms with van der Waals surface area (Å²) in [4.78, 5) is 15.5. The van der Waals surface area contributed by atoms with Crippen LogP contribution in [-0.4, -0.2) is 22.3 Å². The first kappa shape index (κ1) is 23.6. The summed E-state index contributed by atoms with van der Waals surface area (Å²) in [5, 5.41) is 12.6. The Morgan fingerprint density at radius 1 is 1.23 bits per heavy atom. The highest BCUT2D eigenvalue weighted by atomic mass is 33.1. The maximum Gasteiger partial charge on any atom is 0.283 e. The molecule has 158 valence electrons. The molecule has 0 N–H and O–H groups in total. The van der Waals surface area contributed by atoms with E-state index in [1.54, 1.807) is 65.1 Å². The van der Waals surface area contributed by atoms with Crippen molar-refractivity contribution in [3.8, 4) is 0 Å². The number of nitro groups is 1. The third-order valence-electron chi connectivity index (χ3n) is 3.73. The van der Waals surface area contributed by atoms with E-state index in [1.165, 1.54) is 0 Å². The fourth-order valence-corrected chi connectivity index (χ4v) is 4.27. The number of rotatable bonds is 13. The highest BCUT2D eigenvalue weighted by molar-refractivity contribution is 8.76. The summed E-state index contributed by atoms with van der Waals surface area (Å²) < 4.78 is 10.9. The average molecular weight is 445 g/mol. The fraction of sp³-hybridized carbons (Fsp3) is 0.227. The van der Waals surface area contributed by atoms with Gasteiger partial charge in [-0.05, 0) is 54.1 Å². The predicted molar refractivity (Wildman–Crippen MR) is 124 cm³/mol. The number of para-hydroxylation sites is 1. The molecule has 0 radical (unpaired) electrons. The number of pyridine rings is 1. The van der Waals surface area contributed by atoms with Gasteiger partial charge >= 0.3 is 0 Å². The van der Waals surface area contributed by atoms with E-state index in [2.05, 4.69) is 18.1 Å². The molecule has 0 atom stereocenters. The molecule has 2 aromatic rings. The molecule has 0 bridgehead atoms. The molecule has 30 heavy (non-hydrogen) atoms. The molecule has 0 saturated heterocycles. The van der Waals surface area contributed by atoms with Gasteiger partial charge in [0.2, 0.25) is 0 Å². The van der Waals surface area contributed by atoms with Gasteiger partial charge in [0.25, 0.3) is 5.69 Å². The van der Waals surface area contributed by atoms with Crippen molar-refractivity contribution in [2.24, 2.45) is 0 Å². The van der Waals surface area contributed by atoms with Crippen molar-refractivity contribution < 1.29 is 14.4 Å². The largest absolute Gasteiger partial charge is 0.495 e. The van der Waals surface area contributed by atoms with Gasteiger partial charge in [0.05, 0.1) is 27.6 Å². The predicted octanol–water partition coefficient (Wildman–Crippen LogP) is 6.41. The zero-order chi connectivity index (χ0) is 21.8. The Balaban J connectivity index is 1.87. The van der Waals surface area contributed by atoms with Gasteiger partial charge in [-0.1, -0.05) is 36.1 Å². The third-order valence-corrected chi connectivity index (χ3v) is 6.00. The van der Waals surface area contributed by atoms with Crippen LogP contribution in [0.4, 0.5) is 5.69 Å². The molecule has 0 aliphatic heterocycles. The Morgan fingerprint density at radius 2 is 2.07 bits per heavy atom. The van der Waals surface area contributed by atoms with Crippen molar-refractivity contribution in [2.45, 2.75) is 25.0 Å². The van der Waals surface area contributed by atoms with Crippen LogP contribution < -0.4 is 0 Å². The van der Waals surface area contributed by atoms with E-state index in [1.807, 2.05) is 18.2 Å². The Kier molecular flexibility index (Phi) is 10.0. The van der Waals surface area contributed by atoms with Crippen LogP contribution >= 0.6 is 21.6 Å². The van der Waals surface area contributed by atoms with Crippen LogP contribution in [0.5, 0.6) is 0 Å². The van der Waals surface area contributed by atoms with Crippen molar-refractivity contribution in [1.29, 1.82) is 0 Å². The van der Waals surface area contributed by atoms with E-state index in [0.29, 0.717) is 35.7 Å². The number of nitrogens with zero attached hydrogens (tertiary/aromatic N) is 2. The molecule has 0 aliphatic rings. The summed E-state index contributed by atoms with van der Waals surface area (Å²) in [5.74, 6) is 1.98. The summed E-state index contributed by atoms with van der Waals surface area (Å²) >= 11 is 0. The molecular formula is C22H24N2O4S2. The second kappa shape index (κ2) is 12.8. The lowest BCUT2D eigenvalue weighted by Crippen LogP contribution is -2.01. The maximum absolute atomic E-state index is 11.6. The van der Waals surface area contributed by atoms with Crippen LogP contribution in [0.2, 0.25) is 0 Å². The molecular weight excluding hydrogens is 420 g/mol. The smallest absolute Gasteiger partial charge is 0.283 e. The minimum atomic E-state index is -0.389. The number of hydrogen-bond acceptors (Lipinski definition) is 7. The number of nitro benzene ring substituents is 1. The molecule has 0 aliphatic carbocycles. The van der Waals surface area contributed by atoms with Crippen molar-refractivity contribution in [2.75, 3.05) is 12.4 Å². The summed E-state index contributed by atoms with van der Waals surface area (Å²) in [7, 11) is 3.25. The lowest BCUT2D eigenvalue weighted by atomic mass is 10.1. The van der Waals surface area contributed by atoms with Gasteiger partial charge in [-0.15, -0.1) is 0 Å². The quantitative estimate of drug-likeness (QED) is 0.116. The summed E-state index contributed by atoms with van der Waals surface area (Å²) in [6.07, 6.45) is 5.80. The van der Waals surface area contributed by atoms with Gasteiger partial charge in [-0.3, -0.25) is 10.1 Å². The average Bonchev–Trinajstić information content (AvgIpc) is 2.73. The van der Waals surface area contributed by atoms with Gasteiger partial charge in [-0.2, -0.15) is 0 Å². The van der Waals surface area contributed by atoms with Gasteiger partial charge in [0.1, 0.15) is 18.2 Å². The van der Waals surface area contributed by atoms with E-state index >= 15 is 0 Å². The molecule has 8 heteroatoms. The van der Waals surface area contributed by atoms with Gasteiger partial charge in [-0.25, -0.2) is 4.98 Å². The molecule has 0 fully saturated rings. The summed E-state index contributed by atoms with van der Waals surface area (Å²) in [6, 6.07) is 10.9. The van der Waals surface area contributed by atoms with Crippen LogP contribution in [-0.2, 0) is 16.1 Å². The number of aromatic nitrogens is 1. The first-order valence-electron chi connectivity index (χ1n) is 9.19. The highest BCUT2D eigenvalue weighted by Gasteiger charge is 2.18. The van der Waals surface area contributed by atoms with Gasteiger partial charge in [0, 0.05) is 18.4 Å². The van der Waals surface area contributed by atoms with Crippen LogP contribution in [0, 0.1) is 10.1 Å². The summed E-state index contributed by atoms with van der Waals surface area (Å²) in [5.41, 5.74) is 1.02. The minimum Gasteiger partial charge on any atom is -0.495 e. The van der Waals surface area contributed by atoms with Crippen LogP contribution in [0.1, 0.15) is 24.5 Å². The normalized spacial score (nSPS) is 10.7. The fourth-order valence-electron chi connectivity index (χ4n) is 2.36. The third kappa shape index (κ3) is 8.34. The Labute approximate surface area is 184 Å².